The van der Waals surface area contributed by atoms with Crippen molar-refractivity contribution in [1.82, 2.24) is 10.3 Å². The maximum Gasteiger partial charge on any atom is 0.289 e. The van der Waals surface area contributed by atoms with Crippen LogP contribution in [0.3, 0.4) is 0 Å². The van der Waals surface area contributed by atoms with Gasteiger partial charge in [0.05, 0.1) is 23.2 Å². The number of carbonyl (C=O) groups excluding carboxylic acids is 1. The van der Waals surface area contributed by atoms with Crippen molar-refractivity contribution in [1.29, 1.82) is 0 Å². The van der Waals surface area contributed by atoms with Crippen LogP contribution >= 0.6 is 11.6 Å². The highest BCUT2D eigenvalue weighted by molar-refractivity contribution is 6.32. The molecule has 0 aliphatic rings. The van der Waals surface area contributed by atoms with Crippen LogP contribution in [0.4, 0.5) is 11.4 Å². The van der Waals surface area contributed by atoms with Gasteiger partial charge in [-0.3, -0.25) is 25.2 Å². The van der Waals surface area contributed by atoms with E-state index in [1.165, 1.54) is 18.2 Å². The Labute approximate surface area is 166 Å². The molecule has 0 aliphatic carbocycles. The monoisotopic (exact) mass is 396 g/mol. The summed E-state index contributed by atoms with van der Waals surface area (Å²) in [7, 11) is 0. The lowest BCUT2D eigenvalue weighted by molar-refractivity contribution is -0.384. The molecule has 1 unspecified atom stereocenters. The fourth-order valence-corrected chi connectivity index (χ4v) is 2.90. The number of nitro groups is 1. The topological polar surface area (TPSA) is 97.2 Å². The van der Waals surface area contributed by atoms with Crippen molar-refractivity contribution in [2.75, 3.05) is 11.9 Å². The number of hydrogen-bond acceptors (Lipinski definition) is 5. The average molecular weight is 397 g/mol. The molecule has 7 nitrogen and oxygen atoms in total. The first kappa shape index (κ1) is 19.5. The Hall–Kier alpha value is -3.29. The highest BCUT2D eigenvalue weighted by atomic mass is 35.5. The van der Waals surface area contributed by atoms with Crippen LogP contribution in [0.15, 0.2) is 72.9 Å². The number of benzene rings is 2. The molecule has 0 fully saturated rings. The molecule has 0 aliphatic heterocycles. The van der Waals surface area contributed by atoms with E-state index in [-0.39, 0.29) is 29.2 Å². The Morgan fingerprint density at radius 3 is 2.54 bits per heavy atom. The third kappa shape index (κ3) is 4.91. The summed E-state index contributed by atoms with van der Waals surface area (Å²) in [6.45, 7) is -0.00738. The van der Waals surface area contributed by atoms with Crippen molar-refractivity contribution >= 4 is 28.9 Å². The van der Waals surface area contributed by atoms with Gasteiger partial charge in [0.25, 0.3) is 5.69 Å². The smallest absolute Gasteiger partial charge is 0.289 e. The summed E-state index contributed by atoms with van der Waals surface area (Å²) in [5.74, 6) is -0.339. The SMILES string of the molecule is O=C(CNC(c1ccccc1)c1ccccn1)Nc1ccc(Cl)c([N+](=O)[O-])c1. The number of nitrogens with zero attached hydrogens (tertiary/aromatic N) is 2. The zero-order valence-corrected chi connectivity index (χ0v) is 15.5. The standard InChI is InChI=1S/C20H17ClN4O3/c21-16-10-9-15(12-18(16)25(27)28)24-19(26)13-23-20(14-6-2-1-3-7-14)17-8-4-5-11-22-17/h1-12,20,23H,13H2,(H,24,26). The second-order valence-corrected chi connectivity index (χ2v) is 6.36. The third-order valence-corrected chi connectivity index (χ3v) is 4.33. The Bertz CT molecular complexity index is 928. The van der Waals surface area contributed by atoms with Crippen molar-refractivity contribution in [3.8, 4) is 0 Å². The molecular weight excluding hydrogens is 380 g/mol. The lowest BCUT2D eigenvalue weighted by Crippen LogP contribution is -2.32. The second-order valence-electron chi connectivity index (χ2n) is 5.95. The van der Waals surface area contributed by atoms with Gasteiger partial charge in [-0.05, 0) is 29.8 Å². The Kier molecular flexibility index (Phi) is 6.31. The van der Waals surface area contributed by atoms with Crippen LogP contribution in [0.1, 0.15) is 17.3 Å². The predicted octanol–water partition coefficient (Wildman–Crippen LogP) is 3.96. The molecule has 1 amide bonds. The average Bonchev–Trinajstić information content (AvgIpc) is 2.71. The van der Waals surface area contributed by atoms with Gasteiger partial charge in [0, 0.05) is 18.0 Å². The highest BCUT2D eigenvalue weighted by Crippen LogP contribution is 2.27. The molecule has 1 atom stereocenters. The number of aromatic nitrogens is 1. The van der Waals surface area contributed by atoms with E-state index in [2.05, 4.69) is 15.6 Å². The van der Waals surface area contributed by atoms with Gasteiger partial charge in [0.2, 0.25) is 5.91 Å². The van der Waals surface area contributed by atoms with Crippen LogP contribution in [0.2, 0.25) is 5.02 Å². The van der Waals surface area contributed by atoms with Gasteiger partial charge in [-0.2, -0.15) is 0 Å². The molecule has 3 rings (SSSR count). The summed E-state index contributed by atoms with van der Waals surface area (Å²) in [6, 6.07) is 19.1. The third-order valence-electron chi connectivity index (χ3n) is 4.01. The van der Waals surface area contributed by atoms with Crippen LogP contribution in [-0.4, -0.2) is 22.4 Å². The van der Waals surface area contributed by atoms with Gasteiger partial charge in [-0.15, -0.1) is 0 Å². The van der Waals surface area contributed by atoms with E-state index in [0.29, 0.717) is 5.69 Å². The van der Waals surface area contributed by atoms with Gasteiger partial charge in [-0.1, -0.05) is 48.0 Å². The molecule has 28 heavy (non-hydrogen) atoms. The first-order valence-electron chi connectivity index (χ1n) is 8.47. The van der Waals surface area contributed by atoms with Crippen molar-refractivity contribution < 1.29 is 9.72 Å². The first-order valence-corrected chi connectivity index (χ1v) is 8.85. The second kappa shape index (κ2) is 9.07. The molecule has 142 valence electrons. The predicted molar refractivity (Wildman–Crippen MR) is 107 cm³/mol. The maximum absolute atomic E-state index is 12.3. The molecule has 3 aromatic rings. The fraction of sp³-hybridized carbons (Fsp3) is 0.100. The number of anilines is 1. The van der Waals surface area contributed by atoms with Crippen LogP contribution in [0.25, 0.3) is 0 Å². The first-order chi connectivity index (χ1) is 13.5. The van der Waals surface area contributed by atoms with E-state index in [1.54, 1.807) is 6.20 Å². The van der Waals surface area contributed by atoms with Crippen molar-refractivity contribution in [3.05, 3.63) is 99.3 Å². The van der Waals surface area contributed by atoms with Crippen LogP contribution in [-0.2, 0) is 4.79 Å². The molecule has 0 saturated carbocycles. The van der Waals surface area contributed by atoms with E-state index in [4.69, 9.17) is 11.6 Å². The summed E-state index contributed by atoms with van der Waals surface area (Å²) < 4.78 is 0. The molecule has 1 heterocycles. The summed E-state index contributed by atoms with van der Waals surface area (Å²) in [4.78, 5) is 27.1. The molecule has 1 aromatic heterocycles. The van der Waals surface area contributed by atoms with Gasteiger partial charge in [0.15, 0.2) is 0 Å². The maximum atomic E-state index is 12.3. The number of carbonyl (C=O) groups is 1. The molecule has 0 radical (unpaired) electrons. The summed E-state index contributed by atoms with van der Waals surface area (Å²) in [5.41, 5.74) is 1.79. The lowest BCUT2D eigenvalue weighted by atomic mass is 10.0. The van der Waals surface area contributed by atoms with E-state index < -0.39 is 4.92 Å². The largest absolute Gasteiger partial charge is 0.325 e. The Balaban J connectivity index is 1.71. The zero-order chi connectivity index (χ0) is 19.9. The molecule has 0 saturated heterocycles. The Morgan fingerprint density at radius 1 is 1.11 bits per heavy atom. The van der Waals surface area contributed by atoms with E-state index in [1.807, 2.05) is 48.5 Å². The number of amides is 1. The van der Waals surface area contributed by atoms with Gasteiger partial charge in [0.1, 0.15) is 5.02 Å². The van der Waals surface area contributed by atoms with Crippen LogP contribution < -0.4 is 10.6 Å². The van der Waals surface area contributed by atoms with Crippen molar-refractivity contribution in [2.24, 2.45) is 0 Å². The van der Waals surface area contributed by atoms with Gasteiger partial charge in [-0.25, -0.2) is 0 Å². The number of nitro benzene ring substituents is 1. The van der Waals surface area contributed by atoms with Crippen LogP contribution in [0.5, 0.6) is 0 Å². The zero-order valence-electron chi connectivity index (χ0n) is 14.7. The van der Waals surface area contributed by atoms with Gasteiger partial charge >= 0.3 is 0 Å². The van der Waals surface area contributed by atoms with Crippen LogP contribution in [0, 0.1) is 10.1 Å². The van der Waals surface area contributed by atoms with Crippen molar-refractivity contribution in [3.63, 3.8) is 0 Å². The molecule has 0 spiro atoms. The molecule has 8 heteroatoms. The number of hydrogen-bond donors (Lipinski definition) is 2. The van der Waals surface area contributed by atoms with E-state index in [9.17, 15) is 14.9 Å². The number of halogens is 1. The number of nitrogens with one attached hydrogen (secondary N) is 2. The van der Waals surface area contributed by atoms with Crippen molar-refractivity contribution in [2.45, 2.75) is 6.04 Å². The highest BCUT2D eigenvalue weighted by Gasteiger charge is 2.17. The molecule has 2 N–H and O–H groups in total. The van der Waals surface area contributed by atoms with E-state index in [0.717, 1.165) is 11.3 Å². The molecule has 2 aromatic carbocycles. The Morgan fingerprint density at radius 2 is 1.86 bits per heavy atom. The molecule has 0 bridgehead atoms. The summed E-state index contributed by atoms with van der Waals surface area (Å²) >= 11 is 5.79. The summed E-state index contributed by atoms with van der Waals surface area (Å²) in [6.07, 6.45) is 1.69. The minimum atomic E-state index is -0.594. The van der Waals surface area contributed by atoms with E-state index >= 15 is 0 Å². The fourth-order valence-electron chi connectivity index (χ4n) is 2.72. The quantitative estimate of drug-likeness (QED) is 0.465. The number of pyridine rings is 1. The lowest BCUT2D eigenvalue weighted by Gasteiger charge is -2.18. The molecular formula is C20H17ClN4O3. The number of rotatable bonds is 7. The normalized spacial score (nSPS) is 11.6. The van der Waals surface area contributed by atoms with Gasteiger partial charge < -0.3 is 5.32 Å². The minimum Gasteiger partial charge on any atom is -0.325 e. The minimum absolute atomic E-state index is 0.00738. The summed E-state index contributed by atoms with van der Waals surface area (Å²) in [5, 5.41) is 16.8.